The second-order valence-electron chi connectivity index (χ2n) is 4.37. The Kier molecular flexibility index (Phi) is 5.52. The van der Waals surface area contributed by atoms with E-state index in [2.05, 4.69) is 4.98 Å². The third-order valence-corrected chi connectivity index (χ3v) is 3.29. The van der Waals surface area contributed by atoms with Crippen LogP contribution in [0.2, 0.25) is 5.02 Å². The highest BCUT2D eigenvalue weighted by atomic mass is 35.5. The molecule has 0 aliphatic rings. The molecule has 0 aliphatic heterocycles. The highest BCUT2D eigenvalue weighted by Gasteiger charge is 2.22. The molecule has 0 fully saturated rings. The number of carbonyl (C=O) groups is 1. The van der Waals surface area contributed by atoms with E-state index in [0.717, 1.165) is 0 Å². The van der Waals surface area contributed by atoms with E-state index < -0.39 is 5.78 Å². The van der Waals surface area contributed by atoms with Crippen LogP contribution in [0.4, 0.5) is 0 Å². The van der Waals surface area contributed by atoms with Crippen molar-refractivity contribution in [2.24, 2.45) is 0 Å². The molecule has 23 heavy (non-hydrogen) atoms. The average molecular weight is 333 g/mol. The zero-order chi connectivity index (χ0) is 16.8. The Labute approximate surface area is 138 Å². The van der Waals surface area contributed by atoms with Crippen LogP contribution in [-0.4, -0.2) is 31.8 Å². The predicted octanol–water partition coefficient (Wildman–Crippen LogP) is 2.83. The highest BCUT2D eigenvalue weighted by molar-refractivity contribution is 6.32. The summed E-state index contributed by atoms with van der Waals surface area (Å²) in [7, 11) is 2.90. The van der Waals surface area contributed by atoms with Crippen molar-refractivity contribution < 1.29 is 19.0 Å². The van der Waals surface area contributed by atoms with Crippen LogP contribution in [0.5, 0.6) is 11.5 Å². The van der Waals surface area contributed by atoms with Crippen LogP contribution in [0.15, 0.2) is 30.5 Å². The lowest BCUT2D eigenvalue weighted by molar-refractivity contribution is 0.0503. The quantitative estimate of drug-likeness (QED) is 0.597. The lowest BCUT2D eigenvalue weighted by Crippen LogP contribution is -2.10. The van der Waals surface area contributed by atoms with Gasteiger partial charge in [-0.1, -0.05) is 11.6 Å². The first-order valence-electron chi connectivity index (χ1n) is 6.51. The summed E-state index contributed by atoms with van der Waals surface area (Å²) < 4.78 is 15.4. The van der Waals surface area contributed by atoms with Crippen molar-refractivity contribution >= 4 is 17.4 Å². The molecule has 0 spiro atoms. The predicted molar refractivity (Wildman–Crippen MR) is 82.9 cm³/mol. The van der Waals surface area contributed by atoms with Gasteiger partial charge in [0.1, 0.15) is 17.6 Å². The van der Waals surface area contributed by atoms with Crippen molar-refractivity contribution in [3.8, 4) is 17.6 Å². The van der Waals surface area contributed by atoms with Crippen LogP contribution in [0.1, 0.15) is 21.6 Å². The summed E-state index contributed by atoms with van der Waals surface area (Å²) >= 11 is 6.03. The summed E-state index contributed by atoms with van der Waals surface area (Å²) in [5.41, 5.74) is 0.489. The summed E-state index contributed by atoms with van der Waals surface area (Å²) in [6, 6.07) is 7.99. The fourth-order valence-corrected chi connectivity index (χ4v) is 2.12. The normalized spacial score (nSPS) is 10.0. The van der Waals surface area contributed by atoms with Gasteiger partial charge in [0.15, 0.2) is 12.5 Å². The molecule has 1 aromatic heterocycles. The van der Waals surface area contributed by atoms with Gasteiger partial charge in [0.2, 0.25) is 5.78 Å². The maximum atomic E-state index is 12.8. The first kappa shape index (κ1) is 16.7. The van der Waals surface area contributed by atoms with Crippen molar-refractivity contribution in [1.82, 2.24) is 4.98 Å². The topological polar surface area (TPSA) is 81.4 Å². The number of ether oxygens (including phenoxy) is 3. The number of hydrogen-bond acceptors (Lipinski definition) is 6. The van der Waals surface area contributed by atoms with E-state index in [1.165, 1.54) is 32.5 Å². The van der Waals surface area contributed by atoms with E-state index in [1.807, 2.05) is 6.07 Å². The van der Waals surface area contributed by atoms with Gasteiger partial charge in [0.25, 0.3) is 0 Å². The third kappa shape index (κ3) is 3.59. The maximum Gasteiger partial charge on any atom is 0.218 e. The van der Waals surface area contributed by atoms with Gasteiger partial charge in [-0.3, -0.25) is 4.79 Å². The highest BCUT2D eigenvalue weighted by Crippen LogP contribution is 2.30. The standard InChI is InChI=1S/C16H13ClN2O4/c1-21-9-23-14-6-10(8-18)12(17)7-11(14)16(20)15-13(22-2)4-3-5-19-15/h3-7H,9H2,1-2H3. The molecule has 1 aromatic carbocycles. The van der Waals surface area contributed by atoms with Gasteiger partial charge in [0.05, 0.1) is 23.3 Å². The first-order valence-corrected chi connectivity index (χ1v) is 6.89. The van der Waals surface area contributed by atoms with E-state index in [4.69, 9.17) is 31.1 Å². The van der Waals surface area contributed by atoms with Gasteiger partial charge >= 0.3 is 0 Å². The fourth-order valence-electron chi connectivity index (χ4n) is 1.91. The summed E-state index contributed by atoms with van der Waals surface area (Å²) in [6.07, 6.45) is 1.48. The molecule has 0 radical (unpaired) electrons. The zero-order valence-corrected chi connectivity index (χ0v) is 13.3. The largest absolute Gasteiger partial charge is 0.494 e. The van der Waals surface area contributed by atoms with E-state index in [0.29, 0.717) is 5.75 Å². The van der Waals surface area contributed by atoms with Gasteiger partial charge in [-0.2, -0.15) is 5.26 Å². The molecule has 0 atom stereocenters. The number of benzene rings is 1. The summed E-state index contributed by atoms with van der Waals surface area (Å²) in [5.74, 6) is 0.0844. The molecule has 0 amide bonds. The van der Waals surface area contributed by atoms with Gasteiger partial charge in [0, 0.05) is 19.4 Å². The minimum Gasteiger partial charge on any atom is -0.494 e. The number of halogens is 1. The lowest BCUT2D eigenvalue weighted by Gasteiger charge is -2.12. The number of rotatable bonds is 6. The van der Waals surface area contributed by atoms with Gasteiger partial charge in [-0.15, -0.1) is 0 Å². The number of hydrogen-bond donors (Lipinski definition) is 0. The van der Waals surface area contributed by atoms with E-state index >= 15 is 0 Å². The first-order chi connectivity index (χ1) is 11.1. The van der Waals surface area contributed by atoms with Crippen molar-refractivity contribution in [3.05, 3.63) is 52.3 Å². The van der Waals surface area contributed by atoms with Crippen LogP contribution >= 0.6 is 11.6 Å². The smallest absolute Gasteiger partial charge is 0.218 e. The molecule has 118 valence electrons. The molecule has 1 heterocycles. The van der Waals surface area contributed by atoms with Crippen LogP contribution < -0.4 is 9.47 Å². The molecule has 0 unspecified atom stereocenters. The van der Waals surface area contributed by atoms with Crippen LogP contribution in [0.3, 0.4) is 0 Å². The van der Waals surface area contributed by atoms with Crippen LogP contribution in [0, 0.1) is 11.3 Å². The Balaban J connectivity index is 2.54. The Morgan fingerprint density at radius 3 is 2.78 bits per heavy atom. The molecule has 2 rings (SSSR count). The monoisotopic (exact) mass is 332 g/mol. The van der Waals surface area contributed by atoms with E-state index in [-0.39, 0.29) is 34.4 Å². The van der Waals surface area contributed by atoms with Crippen molar-refractivity contribution in [3.63, 3.8) is 0 Å². The van der Waals surface area contributed by atoms with Gasteiger partial charge < -0.3 is 14.2 Å². The summed E-state index contributed by atoms with van der Waals surface area (Å²) in [5, 5.41) is 9.21. The Morgan fingerprint density at radius 1 is 1.35 bits per heavy atom. The minimum absolute atomic E-state index is 0.0772. The van der Waals surface area contributed by atoms with E-state index in [9.17, 15) is 4.79 Å². The number of methoxy groups -OCH3 is 2. The Hall–Kier alpha value is -2.62. The summed E-state index contributed by atoms with van der Waals surface area (Å²) in [6.45, 7) is -0.0772. The third-order valence-electron chi connectivity index (χ3n) is 2.97. The number of ketones is 1. The molecule has 2 aromatic rings. The van der Waals surface area contributed by atoms with Crippen molar-refractivity contribution in [1.29, 1.82) is 5.26 Å². The number of pyridine rings is 1. The molecule has 0 aliphatic carbocycles. The molecule has 0 N–H and O–H groups in total. The number of nitrogens with zero attached hydrogens (tertiary/aromatic N) is 2. The van der Waals surface area contributed by atoms with Crippen LogP contribution in [-0.2, 0) is 4.74 Å². The molecule has 0 bridgehead atoms. The zero-order valence-electron chi connectivity index (χ0n) is 12.5. The molecule has 0 saturated heterocycles. The van der Waals surface area contributed by atoms with Crippen molar-refractivity contribution in [2.75, 3.05) is 21.0 Å². The molecule has 7 heteroatoms. The molecular weight excluding hydrogens is 320 g/mol. The number of aromatic nitrogens is 1. The number of carbonyl (C=O) groups excluding carboxylic acids is 1. The SMILES string of the molecule is COCOc1cc(C#N)c(Cl)cc1C(=O)c1ncccc1OC. The Bertz CT molecular complexity index is 771. The molecular formula is C16H13ClN2O4. The molecule has 6 nitrogen and oxygen atoms in total. The number of nitriles is 1. The van der Waals surface area contributed by atoms with Gasteiger partial charge in [-0.05, 0) is 18.2 Å². The average Bonchev–Trinajstić information content (AvgIpc) is 2.59. The molecule has 0 saturated carbocycles. The lowest BCUT2D eigenvalue weighted by atomic mass is 10.0. The summed E-state index contributed by atoms with van der Waals surface area (Å²) in [4.78, 5) is 16.8. The van der Waals surface area contributed by atoms with E-state index in [1.54, 1.807) is 12.1 Å². The van der Waals surface area contributed by atoms with Crippen molar-refractivity contribution in [2.45, 2.75) is 0 Å². The second kappa shape index (κ2) is 7.58. The minimum atomic E-state index is -0.431. The maximum absolute atomic E-state index is 12.8. The van der Waals surface area contributed by atoms with Gasteiger partial charge in [-0.25, -0.2) is 4.98 Å². The Morgan fingerprint density at radius 2 is 2.13 bits per heavy atom. The second-order valence-corrected chi connectivity index (χ2v) is 4.78. The van der Waals surface area contributed by atoms with Crippen LogP contribution in [0.25, 0.3) is 0 Å². The fraction of sp³-hybridized carbons (Fsp3) is 0.188.